The second-order valence-electron chi connectivity index (χ2n) is 16.5. The summed E-state index contributed by atoms with van der Waals surface area (Å²) in [6, 6.07) is 16.2. The van der Waals surface area contributed by atoms with Gasteiger partial charge in [-0.3, -0.25) is 0 Å². The van der Waals surface area contributed by atoms with Crippen molar-refractivity contribution < 1.29 is 28.4 Å². The summed E-state index contributed by atoms with van der Waals surface area (Å²) < 4.78 is 38.8. The van der Waals surface area contributed by atoms with Gasteiger partial charge in [0.15, 0.2) is 28.8 Å². The molecule has 0 aliphatic rings. The molecule has 64 heavy (non-hydrogen) atoms. The molecule has 4 aromatic rings. The summed E-state index contributed by atoms with van der Waals surface area (Å²) >= 11 is 0. The normalized spacial score (nSPS) is 11.0. The third kappa shape index (κ3) is 18.3. The third-order valence-corrected chi connectivity index (χ3v) is 10.8. The number of nitrogens with one attached hydrogen (secondary N) is 2. The van der Waals surface area contributed by atoms with E-state index in [2.05, 4.69) is 83.4 Å². The van der Waals surface area contributed by atoms with Gasteiger partial charge in [-0.25, -0.2) is 0 Å². The molecule has 3 aromatic carbocycles. The Morgan fingerprint density at radius 1 is 0.375 bits per heavy atom. The number of benzene rings is 3. The van der Waals surface area contributed by atoms with Gasteiger partial charge >= 0.3 is 0 Å². The molecule has 354 valence electrons. The molecule has 11 heteroatoms. The van der Waals surface area contributed by atoms with Gasteiger partial charge < -0.3 is 39.1 Å². The number of ether oxygens (including phenoxy) is 6. The average Bonchev–Trinajstić information content (AvgIpc) is 3.30. The molecule has 0 spiro atoms. The molecule has 1 aromatic heterocycles. The molecule has 0 atom stereocenters. The Hall–Kier alpha value is -4.93. The first kappa shape index (κ1) is 51.7. The van der Waals surface area contributed by atoms with Crippen molar-refractivity contribution in [1.29, 1.82) is 0 Å². The fraction of sp³-hybridized carbons (Fsp3) is 0.604. The topological polar surface area (TPSA) is 118 Å². The van der Waals surface area contributed by atoms with Crippen molar-refractivity contribution in [1.82, 2.24) is 15.0 Å². The molecule has 0 aliphatic heterocycles. The summed E-state index contributed by atoms with van der Waals surface area (Å²) in [5.41, 5.74) is 3.55. The van der Waals surface area contributed by atoms with Crippen molar-refractivity contribution in [2.45, 2.75) is 170 Å². The summed E-state index contributed by atoms with van der Waals surface area (Å²) in [5, 5.41) is 7.02. The van der Waals surface area contributed by atoms with Crippen LogP contribution in [0.4, 0.5) is 23.3 Å². The summed E-state index contributed by atoms with van der Waals surface area (Å²) in [5.74, 6) is 5.09. The lowest BCUT2D eigenvalue weighted by atomic mass is 10.1. The van der Waals surface area contributed by atoms with Crippen LogP contribution in [0.25, 0.3) is 11.4 Å². The van der Waals surface area contributed by atoms with E-state index in [0.717, 1.165) is 139 Å². The fourth-order valence-corrected chi connectivity index (χ4v) is 6.96. The van der Waals surface area contributed by atoms with E-state index in [9.17, 15) is 0 Å². The molecule has 11 nitrogen and oxygen atoms in total. The van der Waals surface area contributed by atoms with E-state index in [-0.39, 0.29) is 0 Å². The molecule has 0 bridgehead atoms. The predicted octanol–water partition coefficient (Wildman–Crippen LogP) is 15.0. The van der Waals surface area contributed by atoms with Gasteiger partial charge in [-0.05, 0) is 50.5 Å². The quantitative estimate of drug-likeness (QED) is 0.0425. The first-order valence-electron chi connectivity index (χ1n) is 25.0. The lowest BCUT2D eigenvalue weighted by Crippen LogP contribution is -2.09. The van der Waals surface area contributed by atoms with Gasteiger partial charge in [0, 0.05) is 41.2 Å². The van der Waals surface area contributed by atoms with Crippen molar-refractivity contribution in [3.8, 4) is 45.9 Å². The molecule has 0 amide bonds. The van der Waals surface area contributed by atoms with E-state index in [1.165, 1.54) is 5.56 Å². The first-order valence-corrected chi connectivity index (χ1v) is 25.0. The summed E-state index contributed by atoms with van der Waals surface area (Å²) in [6.45, 7) is 18.8. The van der Waals surface area contributed by atoms with E-state index >= 15 is 0 Å². The summed E-state index contributed by atoms with van der Waals surface area (Å²) in [7, 11) is 0. The van der Waals surface area contributed by atoms with Crippen molar-refractivity contribution in [3.63, 3.8) is 0 Å². The second kappa shape index (κ2) is 31.0. The lowest BCUT2D eigenvalue weighted by Gasteiger charge is -2.20. The minimum atomic E-state index is 0.362. The molecule has 0 radical (unpaired) electrons. The lowest BCUT2D eigenvalue weighted by molar-refractivity contribution is 0.235. The zero-order valence-corrected chi connectivity index (χ0v) is 40.6. The van der Waals surface area contributed by atoms with Crippen LogP contribution in [0.5, 0.6) is 34.5 Å². The third-order valence-electron chi connectivity index (χ3n) is 10.8. The summed E-state index contributed by atoms with van der Waals surface area (Å²) in [4.78, 5) is 14.9. The maximum atomic E-state index is 6.47. The van der Waals surface area contributed by atoms with Crippen molar-refractivity contribution in [2.24, 2.45) is 0 Å². The van der Waals surface area contributed by atoms with Crippen LogP contribution in [-0.2, 0) is 6.42 Å². The van der Waals surface area contributed by atoms with Crippen molar-refractivity contribution in [2.75, 3.05) is 50.3 Å². The number of aryl methyl sites for hydroxylation is 1. The Morgan fingerprint density at radius 3 is 0.984 bits per heavy atom. The van der Waals surface area contributed by atoms with E-state index in [0.29, 0.717) is 91.9 Å². The van der Waals surface area contributed by atoms with Crippen LogP contribution < -0.4 is 39.1 Å². The SMILES string of the molecule is CCCCCOc1cc(Nc2nc(Nc3cc(OCCCCC)c(OCCCCC)c(OCCCCC)c3)nc(-c3ccc(CC)cc3)n2)cc(OCCCCC)c1OCCCCC. The van der Waals surface area contributed by atoms with E-state index < -0.39 is 0 Å². The van der Waals surface area contributed by atoms with E-state index in [1.807, 2.05) is 24.3 Å². The number of unbranched alkanes of at least 4 members (excludes halogenated alkanes) is 12. The maximum Gasteiger partial charge on any atom is 0.232 e. The number of rotatable bonds is 36. The van der Waals surface area contributed by atoms with Crippen molar-refractivity contribution >= 4 is 23.3 Å². The van der Waals surface area contributed by atoms with Crippen LogP contribution in [0.1, 0.15) is 170 Å². The summed E-state index contributed by atoms with van der Waals surface area (Å²) in [6.07, 6.45) is 19.8. The minimum Gasteiger partial charge on any atom is -0.489 e. The zero-order chi connectivity index (χ0) is 45.6. The molecular weight excluding hydrogens is 803 g/mol. The highest BCUT2D eigenvalue weighted by Crippen LogP contribution is 2.43. The molecular formula is C53H81N5O6. The highest BCUT2D eigenvalue weighted by atomic mass is 16.5. The molecule has 4 rings (SSSR count). The number of aromatic nitrogens is 3. The Kier molecular flexibility index (Phi) is 25.1. The van der Waals surface area contributed by atoms with Crippen LogP contribution >= 0.6 is 0 Å². The fourth-order valence-electron chi connectivity index (χ4n) is 6.96. The second-order valence-corrected chi connectivity index (χ2v) is 16.5. The standard InChI is InChI=1S/C53H81N5O6/c1-8-15-21-31-59-45-37-43(38-46(60-32-22-16-9-2)49(45)63-35-25-19-12-5)54-52-56-51(42-29-27-41(14-7)28-30-42)57-53(58-52)55-44-39-47(61-33-23-17-10-3)50(64-36-26-20-13-6)48(40-44)62-34-24-18-11-4/h27-30,37-40H,8-26,31-36H2,1-7H3,(H2,54,55,56,57,58). The highest BCUT2D eigenvalue weighted by molar-refractivity contribution is 5.70. The molecule has 0 unspecified atom stereocenters. The van der Waals surface area contributed by atoms with Gasteiger partial charge in [0.2, 0.25) is 23.4 Å². The Morgan fingerprint density at radius 2 is 0.688 bits per heavy atom. The smallest absolute Gasteiger partial charge is 0.232 e. The zero-order valence-electron chi connectivity index (χ0n) is 40.6. The van der Waals surface area contributed by atoms with Gasteiger partial charge in [0.1, 0.15) is 0 Å². The van der Waals surface area contributed by atoms with Crippen LogP contribution in [0, 0.1) is 0 Å². The molecule has 0 fully saturated rings. The minimum absolute atomic E-state index is 0.362. The molecule has 0 saturated carbocycles. The first-order chi connectivity index (χ1) is 31.5. The van der Waals surface area contributed by atoms with Crippen LogP contribution in [0.15, 0.2) is 48.5 Å². The van der Waals surface area contributed by atoms with Gasteiger partial charge in [-0.2, -0.15) is 15.0 Å². The number of hydrogen-bond donors (Lipinski definition) is 2. The van der Waals surface area contributed by atoms with Gasteiger partial charge in [0.25, 0.3) is 0 Å². The van der Waals surface area contributed by atoms with E-state index in [1.54, 1.807) is 0 Å². The molecule has 0 saturated heterocycles. The molecule has 0 aliphatic carbocycles. The monoisotopic (exact) mass is 884 g/mol. The number of nitrogens with zero attached hydrogens (tertiary/aromatic N) is 3. The number of anilines is 4. The predicted molar refractivity (Wildman–Crippen MR) is 264 cm³/mol. The Bertz CT molecular complexity index is 1700. The van der Waals surface area contributed by atoms with Crippen LogP contribution in [0.2, 0.25) is 0 Å². The molecule has 2 N–H and O–H groups in total. The van der Waals surface area contributed by atoms with Gasteiger partial charge in [0.05, 0.1) is 39.6 Å². The van der Waals surface area contributed by atoms with Crippen molar-refractivity contribution in [3.05, 3.63) is 54.1 Å². The Balaban J connectivity index is 1.80. The maximum absolute atomic E-state index is 6.47. The van der Waals surface area contributed by atoms with Gasteiger partial charge in [-0.1, -0.05) is 150 Å². The molecule has 1 heterocycles. The van der Waals surface area contributed by atoms with Gasteiger partial charge in [-0.15, -0.1) is 0 Å². The average molecular weight is 884 g/mol. The Labute approximate surface area is 386 Å². The largest absolute Gasteiger partial charge is 0.489 e. The van der Waals surface area contributed by atoms with Crippen LogP contribution in [-0.4, -0.2) is 54.6 Å². The van der Waals surface area contributed by atoms with E-state index in [4.69, 9.17) is 43.4 Å². The van der Waals surface area contributed by atoms with Crippen LogP contribution in [0.3, 0.4) is 0 Å². The highest BCUT2D eigenvalue weighted by Gasteiger charge is 2.20. The number of hydrogen-bond acceptors (Lipinski definition) is 11.